The molecule has 2 rings (SSSR count). The third-order valence-electron chi connectivity index (χ3n) is 2.74. The first-order chi connectivity index (χ1) is 9.96. The van der Waals surface area contributed by atoms with E-state index in [0.29, 0.717) is 5.69 Å². The molecule has 0 saturated carbocycles. The van der Waals surface area contributed by atoms with Crippen molar-refractivity contribution in [2.45, 2.75) is 6.42 Å². The molecule has 0 bridgehead atoms. The van der Waals surface area contributed by atoms with Gasteiger partial charge < -0.3 is 5.11 Å². The zero-order chi connectivity index (χ0) is 15.3. The van der Waals surface area contributed by atoms with Gasteiger partial charge in [0.25, 0.3) is 0 Å². The summed E-state index contributed by atoms with van der Waals surface area (Å²) in [5.74, 6) is -1.23. The molecule has 0 fully saturated rings. The number of hydrogen-bond acceptors (Lipinski definition) is 4. The minimum Gasteiger partial charge on any atom is -0.478 e. The average Bonchev–Trinajstić information content (AvgIpc) is 2.46. The molecule has 0 aliphatic rings. The Hall–Kier alpha value is -2.41. The van der Waals surface area contributed by atoms with Crippen molar-refractivity contribution in [3.8, 4) is 0 Å². The Morgan fingerprint density at radius 2 is 2.00 bits per heavy atom. The quantitative estimate of drug-likeness (QED) is 0.847. The number of rotatable bonds is 6. The monoisotopic (exact) mass is 306 g/mol. The number of sulfonamides is 1. The second-order valence-electron chi connectivity index (χ2n) is 4.38. The molecule has 110 valence electrons. The highest BCUT2D eigenvalue weighted by Crippen LogP contribution is 2.13. The summed E-state index contributed by atoms with van der Waals surface area (Å²) in [5.41, 5.74) is 0.943. The summed E-state index contributed by atoms with van der Waals surface area (Å²) < 4.78 is 26.3. The molecule has 21 heavy (non-hydrogen) atoms. The van der Waals surface area contributed by atoms with Crippen molar-refractivity contribution in [2.75, 3.05) is 10.5 Å². The first kappa shape index (κ1) is 15.0. The van der Waals surface area contributed by atoms with Gasteiger partial charge in [0.15, 0.2) is 0 Å². The van der Waals surface area contributed by atoms with Crippen LogP contribution in [0.1, 0.15) is 16.1 Å². The second-order valence-corrected chi connectivity index (χ2v) is 6.22. The molecule has 0 amide bonds. The number of pyridine rings is 1. The zero-order valence-electron chi connectivity index (χ0n) is 11.1. The fourth-order valence-corrected chi connectivity index (χ4v) is 2.80. The third-order valence-corrected chi connectivity index (χ3v) is 4.02. The van der Waals surface area contributed by atoms with E-state index >= 15 is 0 Å². The van der Waals surface area contributed by atoms with Crippen molar-refractivity contribution in [2.24, 2.45) is 0 Å². The van der Waals surface area contributed by atoms with Crippen LogP contribution in [0, 0.1) is 0 Å². The highest BCUT2D eigenvalue weighted by molar-refractivity contribution is 7.92. The van der Waals surface area contributed by atoms with Crippen molar-refractivity contribution in [1.82, 2.24) is 4.98 Å². The lowest BCUT2D eigenvalue weighted by atomic mass is 10.2. The molecule has 0 aliphatic heterocycles. The SMILES string of the molecule is O=C(O)c1cccc(NS(=O)(=O)CCc2ccccn2)c1. The average molecular weight is 306 g/mol. The van der Waals surface area contributed by atoms with Crippen LogP contribution in [0.2, 0.25) is 0 Å². The van der Waals surface area contributed by atoms with Crippen molar-refractivity contribution in [3.05, 3.63) is 59.9 Å². The van der Waals surface area contributed by atoms with E-state index in [1.54, 1.807) is 24.4 Å². The van der Waals surface area contributed by atoms with Gasteiger partial charge in [0, 0.05) is 24.0 Å². The molecule has 0 saturated heterocycles. The zero-order valence-corrected chi connectivity index (χ0v) is 11.9. The summed E-state index contributed by atoms with van der Waals surface area (Å²) in [6.45, 7) is 0. The molecular formula is C14H14N2O4S. The normalized spacial score (nSPS) is 11.0. The van der Waals surface area contributed by atoms with Crippen LogP contribution in [0.5, 0.6) is 0 Å². The number of aromatic carboxylic acids is 1. The van der Waals surface area contributed by atoms with E-state index in [4.69, 9.17) is 5.11 Å². The first-order valence-electron chi connectivity index (χ1n) is 6.20. The van der Waals surface area contributed by atoms with Crippen LogP contribution in [-0.4, -0.2) is 30.2 Å². The van der Waals surface area contributed by atoms with Crippen LogP contribution in [0.4, 0.5) is 5.69 Å². The summed E-state index contributed by atoms with van der Waals surface area (Å²) >= 11 is 0. The summed E-state index contributed by atoms with van der Waals surface area (Å²) in [4.78, 5) is 14.9. The molecule has 2 aromatic rings. The van der Waals surface area contributed by atoms with Gasteiger partial charge >= 0.3 is 5.97 Å². The maximum atomic E-state index is 12.0. The van der Waals surface area contributed by atoms with Crippen molar-refractivity contribution >= 4 is 21.7 Å². The molecule has 1 heterocycles. The van der Waals surface area contributed by atoms with E-state index in [-0.39, 0.29) is 23.4 Å². The molecule has 0 atom stereocenters. The highest BCUT2D eigenvalue weighted by atomic mass is 32.2. The number of carboxylic acid groups (broad SMARTS) is 1. The standard InChI is InChI=1S/C14H14N2O4S/c17-14(18)11-4-3-6-13(10-11)16-21(19,20)9-7-12-5-1-2-8-15-12/h1-6,8,10,16H,7,9H2,(H,17,18). The van der Waals surface area contributed by atoms with Gasteiger partial charge in [-0.2, -0.15) is 0 Å². The van der Waals surface area contributed by atoms with E-state index in [1.807, 2.05) is 0 Å². The van der Waals surface area contributed by atoms with Crippen molar-refractivity contribution in [1.29, 1.82) is 0 Å². The van der Waals surface area contributed by atoms with Crippen LogP contribution in [0.25, 0.3) is 0 Å². The van der Waals surface area contributed by atoms with Crippen LogP contribution in [0.15, 0.2) is 48.7 Å². The Kier molecular flexibility index (Phi) is 4.54. The van der Waals surface area contributed by atoms with Crippen molar-refractivity contribution in [3.63, 3.8) is 0 Å². The van der Waals surface area contributed by atoms with E-state index < -0.39 is 16.0 Å². The lowest BCUT2D eigenvalue weighted by Gasteiger charge is -2.08. The molecule has 0 radical (unpaired) electrons. The summed E-state index contributed by atoms with van der Waals surface area (Å²) in [5, 5.41) is 8.87. The van der Waals surface area contributed by atoms with Crippen molar-refractivity contribution < 1.29 is 18.3 Å². The van der Waals surface area contributed by atoms with Gasteiger partial charge in [-0.3, -0.25) is 9.71 Å². The first-order valence-corrected chi connectivity index (χ1v) is 7.85. The number of hydrogen-bond donors (Lipinski definition) is 2. The van der Waals surface area contributed by atoms with Gasteiger partial charge in [0.2, 0.25) is 10.0 Å². The van der Waals surface area contributed by atoms with E-state index in [2.05, 4.69) is 9.71 Å². The van der Waals surface area contributed by atoms with E-state index in [1.165, 1.54) is 24.3 Å². The number of aromatic nitrogens is 1. The minimum atomic E-state index is -3.56. The van der Waals surface area contributed by atoms with Gasteiger partial charge in [0.1, 0.15) is 0 Å². The Labute approximate surface area is 122 Å². The Morgan fingerprint density at radius 1 is 1.19 bits per heavy atom. The fourth-order valence-electron chi connectivity index (χ4n) is 1.73. The predicted octanol–water partition coefficient (Wildman–Crippen LogP) is 1.76. The molecule has 0 unspecified atom stereocenters. The van der Waals surface area contributed by atoms with Crippen LogP contribution in [0.3, 0.4) is 0 Å². The smallest absolute Gasteiger partial charge is 0.335 e. The second kappa shape index (κ2) is 6.36. The number of carbonyl (C=O) groups is 1. The largest absolute Gasteiger partial charge is 0.478 e. The number of anilines is 1. The summed E-state index contributed by atoms with van der Waals surface area (Å²) in [6.07, 6.45) is 1.89. The Balaban J connectivity index is 2.04. The number of carboxylic acids is 1. The molecule has 2 N–H and O–H groups in total. The van der Waals surface area contributed by atoms with Crippen LogP contribution in [-0.2, 0) is 16.4 Å². The minimum absolute atomic E-state index is 0.0277. The molecule has 0 aliphatic carbocycles. The lowest BCUT2D eigenvalue weighted by molar-refractivity contribution is 0.0697. The predicted molar refractivity (Wildman–Crippen MR) is 78.8 cm³/mol. The Bertz CT molecular complexity index is 730. The molecule has 6 nitrogen and oxygen atoms in total. The van der Waals surface area contributed by atoms with Gasteiger partial charge in [0.05, 0.1) is 11.3 Å². The van der Waals surface area contributed by atoms with Gasteiger partial charge in [-0.1, -0.05) is 12.1 Å². The summed E-state index contributed by atoms with van der Waals surface area (Å²) in [6, 6.07) is 11.0. The number of nitrogens with zero attached hydrogens (tertiary/aromatic N) is 1. The topological polar surface area (TPSA) is 96.4 Å². The van der Waals surface area contributed by atoms with Gasteiger partial charge in [-0.15, -0.1) is 0 Å². The molecular weight excluding hydrogens is 292 g/mol. The van der Waals surface area contributed by atoms with E-state index in [0.717, 1.165) is 0 Å². The fraction of sp³-hybridized carbons (Fsp3) is 0.143. The van der Waals surface area contributed by atoms with Gasteiger partial charge in [-0.25, -0.2) is 13.2 Å². The molecule has 1 aromatic heterocycles. The molecule has 7 heteroatoms. The number of aryl methyl sites for hydroxylation is 1. The third kappa shape index (κ3) is 4.57. The number of nitrogens with one attached hydrogen (secondary N) is 1. The maximum Gasteiger partial charge on any atom is 0.335 e. The van der Waals surface area contributed by atoms with Crippen LogP contribution >= 0.6 is 0 Å². The van der Waals surface area contributed by atoms with Crippen LogP contribution < -0.4 is 4.72 Å². The number of benzene rings is 1. The Morgan fingerprint density at radius 3 is 2.67 bits per heavy atom. The lowest BCUT2D eigenvalue weighted by Crippen LogP contribution is -2.18. The van der Waals surface area contributed by atoms with E-state index in [9.17, 15) is 13.2 Å². The molecule has 1 aromatic carbocycles. The highest BCUT2D eigenvalue weighted by Gasteiger charge is 2.12. The van der Waals surface area contributed by atoms with Gasteiger partial charge in [-0.05, 0) is 30.3 Å². The molecule has 0 spiro atoms. The maximum absolute atomic E-state index is 12.0. The summed E-state index contributed by atoms with van der Waals surface area (Å²) in [7, 11) is -3.56.